The lowest BCUT2D eigenvalue weighted by Gasteiger charge is -2.11. The molecule has 0 saturated carbocycles. The van der Waals surface area contributed by atoms with E-state index in [1.165, 1.54) is 6.08 Å². The molecule has 0 saturated heterocycles. The van der Waals surface area contributed by atoms with Gasteiger partial charge >= 0.3 is 0 Å². The maximum atomic E-state index is 12.4. The Balaban J connectivity index is 1.32. The van der Waals surface area contributed by atoms with Gasteiger partial charge in [0, 0.05) is 16.7 Å². The molecule has 1 amide bonds. The third kappa shape index (κ3) is 7.12. The van der Waals surface area contributed by atoms with Crippen LogP contribution in [0, 0.1) is 0 Å². The first kappa shape index (κ1) is 23.9. The lowest BCUT2D eigenvalue weighted by atomic mass is 10.1. The number of nitrogens with zero attached hydrogens (tertiary/aromatic N) is 2. The molecule has 0 aliphatic rings. The fourth-order valence-corrected chi connectivity index (χ4v) is 3.43. The van der Waals surface area contributed by atoms with Crippen LogP contribution < -0.4 is 19.5 Å². The highest BCUT2D eigenvalue weighted by Gasteiger charge is 2.06. The number of methoxy groups -OCH3 is 1. The number of hydrogen-bond acceptors (Lipinski definition) is 5. The van der Waals surface area contributed by atoms with E-state index in [1.807, 2.05) is 48.5 Å². The largest absolute Gasteiger partial charge is 0.496 e. The zero-order valence-corrected chi connectivity index (χ0v) is 19.8. The topological polar surface area (TPSA) is 74.6 Å². The Morgan fingerprint density at radius 3 is 2.66 bits per heavy atom. The van der Waals surface area contributed by atoms with Crippen molar-refractivity contribution in [3.63, 3.8) is 0 Å². The summed E-state index contributed by atoms with van der Waals surface area (Å²) in [6.45, 7) is 0.531. The van der Waals surface area contributed by atoms with Gasteiger partial charge in [0.25, 0.3) is 0 Å². The molecule has 0 aliphatic heterocycles. The van der Waals surface area contributed by atoms with Crippen molar-refractivity contribution >= 4 is 29.3 Å². The van der Waals surface area contributed by atoms with Gasteiger partial charge in [0.05, 0.1) is 25.2 Å². The van der Waals surface area contributed by atoms with Crippen molar-refractivity contribution in [2.45, 2.75) is 13.3 Å². The summed E-state index contributed by atoms with van der Waals surface area (Å²) < 4.78 is 18.5. The highest BCUT2D eigenvalue weighted by atomic mass is 35.5. The smallest absolute Gasteiger partial charge is 0.248 e. The van der Waals surface area contributed by atoms with Crippen molar-refractivity contribution in [2.24, 2.45) is 0 Å². The molecule has 35 heavy (non-hydrogen) atoms. The average molecular weight is 490 g/mol. The van der Waals surface area contributed by atoms with Gasteiger partial charge in [-0.25, -0.2) is 4.68 Å². The molecule has 1 aromatic heterocycles. The second kappa shape index (κ2) is 11.8. The molecule has 0 unspecified atom stereocenters. The molecule has 4 rings (SSSR count). The normalized spacial score (nSPS) is 10.8. The molecule has 3 aromatic carbocycles. The standard InChI is InChI=1S/C27H24ClN3O4/c1-33-26-12-10-20(14-21(26)18-34-24-7-3-2-4-8-24)11-13-27(32)30-23-16-29-31(17-23)19-35-25-9-5-6-22(28)15-25/h2-17H,18-19H2,1H3,(H,30,32)/b13-11+. The first-order chi connectivity index (χ1) is 17.1. The van der Waals surface area contributed by atoms with Crippen LogP contribution in [0.4, 0.5) is 5.69 Å². The van der Waals surface area contributed by atoms with Crippen LogP contribution >= 0.6 is 11.6 Å². The van der Waals surface area contributed by atoms with Gasteiger partial charge in [-0.05, 0) is 54.1 Å². The molecule has 0 radical (unpaired) electrons. The molecule has 7 nitrogen and oxygen atoms in total. The van der Waals surface area contributed by atoms with E-state index in [9.17, 15) is 4.79 Å². The number of anilines is 1. The summed E-state index contributed by atoms with van der Waals surface area (Å²) >= 11 is 5.96. The number of hydrogen-bond donors (Lipinski definition) is 1. The number of benzene rings is 3. The lowest BCUT2D eigenvalue weighted by Crippen LogP contribution is -2.08. The first-order valence-corrected chi connectivity index (χ1v) is 11.2. The van der Waals surface area contributed by atoms with Gasteiger partial charge in [-0.15, -0.1) is 0 Å². The molecule has 178 valence electrons. The summed E-state index contributed by atoms with van der Waals surface area (Å²) in [6.07, 6.45) is 6.43. The number of para-hydroxylation sites is 1. The fraction of sp³-hybridized carbons (Fsp3) is 0.111. The summed E-state index contributed by atoms with van der Waals surface area (Å²) in [5, 5.41) is 7.57. The number of ether oxygens (including phenoxy) is 3. The minimum absolute atomic E-state index is 0.186. The van der Waals surface area contributed by atoms with Crippen molar-refractivity contribution in [2.75, 3.05) is 12.4 Å². The van der Waals surface area contributed by atoms with Crippen LogP contribution in [0.2, 0.25) is 5.02 Å². The number of aromatic nitrogens is 2. The third-order valence-electron chi connectivity index (χ3n) is 4.93. The summed E-state index contributed by atoms with van der Waals surface area (Å²) in [4.78, 5) is 12.4. The predicted octanol–water partition coefficient (Wildman–Crippen LogP) is 5.81. The average Bonchev–Trinajstić information content (AvgIpc) is 3.33. The van der Waals surface area contributed by atoms with E-state index in [0.717, 1.165) is 22.6 Å². The van der Waals surface area contributed by atoms with Gasteiger partial charge in [-0.2, -0.15) is 5.10 Å². The van der Waals surface area contributed by atoms with Crippen molar-refractivity contribution in [3.8, 4) is 17.2 Å². The van der Waals surface area contributed by atoms with Gasteiger partial charge in [-0.1, -0.05) is 41.9 Å². The molecule has 0 aliphatic carbocycles. The SMILES string of the molecule is COc1ccc(/C=C/C(=O)Nc2cnn(COc3cccc(Cl)c3)c2)cc1COc1ccccc1. The van der Waals surface area contributed by atoms with E-state index in [4.69, 9.17) is 25.8 Å². The van der Waals surface area contributed by atoms with E-state index in [-0.39, 0.29) is 12.6 Å². The zero-order valence-electron chi connectivity index (χ0n) is 19.1. The van der Waals surface area contributed by atoms with Crippen LogP contribution in [0.1, 0.15) is 11.1 Å². The number of carbonyl (C=O) groups is 1. The molecule has 8 heteroatoms. The molecular formula is C27H24ClN3O4. The Bertz CT molecular complexity index is 1300. The van der Waals surface area contributed by atoms with Crippen molar-refractivity contribution < 1.29 is 19.0 Å². The maximum absolute atomic E-state index is 12.4. The van der Waals surface area contributed by atoms with Gasteiger partial charge in [-0.3, -0.25) is 4.79 Å². The van der Waals surface area contributed by atoms with Crippen molar-refractivity contribution in [3.05, 3.63) is 107 Å². The van der Waals surface area contributed by atoms with E-state index < -0.39 is 0 Å². The van der Waals surface area contributed by atoms with Gasteiger partial charge in [0.2, 0.25) is 5.91 Å². The minimum atomic E-state index is -0.279. The minimum Gasteiger partial charge on any atom is -0.496 e. The van der Waals surface area contributed by atoms with E-state index in [1.54, 1.807) is 54.5 Å². The van der Waals surface area contributed by atoms with Crippen LogP contribution in [0.3, 0.4) is 0 Å². The zero-order chi connectivity index (χ0) is 24.5. The summed E-state index contributed by atoms with van der Waals surface area (Å²) in [5.74, 6) is 1.84. The molecule has 0 bridgehead atoms. The highest BCUT2D eigenvalue weighted by Crippen LogP contribution is 2.23. The maximum Gasteiger partial charge on any atom is 0.248 e. The Hall–Kier alpha value is -4.23. The number of rotatable bonds is 10. The predicted molar refractivity (Wildman–Crippen MR) is 136 cm³/mol. The fourth-order valence-electron chi connectivity index (χ4n) is 3.24. The molecule has 0 spiro atoms. The molecule has 1 heterocycles. The van der Waals surface area contributed by atoms with Gasteiger partial charge < -0.3 is 19.5 Å². The molecule has 0 fully saturated rings. The van der Waals surface area contributed by atoms with Crippen LogP contribution in [-0.2, 0) is 18.1 Å². The van der Waals surface area contributed by atoms with Crippen molar-refractivity contribution in [1.29, 1.82) is 0 Å². The number of nitrogens with one attached hydrogen (secondary N) is 1. The van der Waals surface area contributed by atoms with E-state index in [0.29, 0.717) is 23.1 Å². The van der Waals surface area contributed by atoms with Crippen LogP contribution in [0.25, 0.3) is 6.08 Å². The summed E-state index contributed by atoms with van der Waals surface area (Å²) in [5.41, 5.74) is 2.28. The first-order valence-electron chi connectivity index (χ1n) is 10.8. The van der Waals surface area contributed by atoms with Crippen LogP contribution in [-0.4, -0.2) is 22.8 Å². The van der Waals surface area contributed by atoms with Crippen molar-refractivity contribution in [1.82, 2.24) is 9.78 Å². The number of carbonyl (C=O) groups excluding carboxylic acids is 1. The molecule has 1 N–H and O–H groups in total. The third-order valence-corrected chi connectivity index (χ3v) is 5.16. The second-order valence-corrected chi connectivity index (χ2v) is 7.93. The summed E-state index contributed by atoms with van der Waals surface area (Å²) in [7, 11) is 1.62. The van der Waals surface area contributed by atoms with Gasteiger partial charge in [0.15, 0.2) is 6.73 Å². The molecular weight excluding hydrogens is 466 g/mol. The monoisotopic (exact) mass is 489 g/mol. The Morgan fingerprint density at radius 2 is 1.86 bits per heavy atom. The Labute approximate surface area is 208 Å². The lowest BCUT2D eigenvalue weighted by molar-refractivity contribution is -0.111. The Kier molecular flexibility index (Phi) is 8.04. The molecule has 4 aromatic rings. The number of halogens is 1. The Morgan fingerprint density at radius 1 is 1.03 bits per heavy atom. The summed E-state index contributed by atoms with van der Waals surface area (Å²) in [6, 6.07) is 22.3. The van der Waals surface area contributed by atoms with Crippen LogP contribution in [0.15, 0.2) is 91.3 Å². The quantitative estimate of drug-likeness (QED) is 0.284. The van der Waals surface area contributed by atoms with E-state index >= 15 is 0 Å². The van der Waals surface area contributed by atoms with Gasteiger partial charge in [0.1, 0.15) is 23.9 Å². The van der Waals surface area contributed by atoms with E-state index in [2.05, 4.69) is 10.4 Å². The second-order valence-electron chi connectivity index (χ2n) is 7.49. The highest BCUT2D eigenvalue weighted by molar-refractivity contribution is 6.30. The van der Waals surface area contributed by atoms with Crippen LogP contribution in [0.5, 0.6) is 17.2 Å². The number of amides is 1. The molecule has 0 atom stereocenters.